The molecule has 0 bridgehead atoms. The molecular formula is C13H19BrN2. The Morgan fingerprint density at radius 2 is 2.12 bits per heavy atom. The molecule has 0 atom stereocenters. The molecule has 1 N–H and O–H groups in total. The number of hydrogen-bond acceptors (Lipinski definition) is 2. The van der Waals surface area contributed by atoms with E-state index in [4.69, 9.17) is 0 Å². The van der Waals surface area contributed by atoms with Gasteiger partial charge >= 0.3 is 0 Å². The molecule has 1 aliphatic rings. The smallest absolute Gasteiger partial charge is 0.128 e. The minimum atomic E-state index is 0.846. The second kappa shape index (κ2) is 5.67. The molecule has 0 amide bonds. The summed E-state index contributed by atoms with van der Waals surface area (Å²) in [7, 11) is 0. The van der Waals surface area contributed by atoms with Crippen LogP contribution >= 0.6 is 15.9 Å². The van der Waals surface area contributed by atoms with Crippen molar-refractivity contribution >= 4 is 21.7 Å². The Bertz CT molecular complexity index is 346. The second-order valence-electron chi connectivity index (χ2n) is 4.70. The van der Waals surface area contributed by atoms with Crippen LogP contribution in [0.3, 0.4) is 0 Å². The molecule has 2 rings (SSSR count). The molecule has 1 aliphatic carbocycles. The predicted octanol–water partition coefficient (Wildman–Crippen LogP) is 4.14. The molecule has 0 spiro atoms. The summed E-state index contributed by atoms with van der Waals surface area (Å²) >= 11 is 3.43. The van der Waals surface area contributed by atoms with Crippen LogP contribution in [0.4, 0.5) is 5.82 Å². The Morgan fingerprint density at radius 1 is 1.38 bits per heavy atom. The van der Waals surface area contributed by atoms with Crippen molar-refractivity contribution in [2.24, 2.45) is 5.92 Å². The van der Waals surface area contributed by atoms with E-state index in [-0.39, 0.29) is 0 Å². The van der Waals surface area contributed by atoms with E-state index < -0.39 is 0 Å². The molecule has 1 saturated carbocycles. The maximum atomic E-state index is 4.40. The van der Waals surface area contributed by atoms with Crippen LogP contribution in [0.1, 0.15) is 37.7 Å². The average Bonchev–Trinajstić information content (AvgIpc) is 2.29. The fourth-order valence-electron chi connectivity index (χ4n) is 2.36. The van der Waals surface area contributed by atoms with E-state index in [2.05, 4.69) is 39.2 Å². The highest BCUT2D eigenvalue weighted by Gasteiger charge is 2.13. The van der Waals surface area contributed by atoms with Crippen molar-refractivity contribution in [3.05, 3.63) is 22.3 Å². The quantitative estimate of drug-likeness (QED) is 0.901. The second-order valence-corrected chi connectivity index (χ2v) is 5.62. The van der Waals surface area contributed by atoms with Gasteiger partial charge in [0.2, 0.25) is 0 Å². The van der Waals surface area contributed by atoms with Gasteiger partial charge in [0.15, 0.2) is 0 Å². The Hall–Kier alpha value is -0.570. The van der Waals surface area contributed by atoms with Crippen molar-refractivity contribution < 1.29 is 0 Å². The lowest BCUT2D eigenvalue weighted by Gasteiger charge is -2.22. The molecule has 0 aliphatic heterocycles. The summed E-state index contributed by atoms with van der Waals surface area (Å²) in [5, 5.41) is 3.48. The summed E-state index contributed by atoms with van der Waals surface area (Å²) in [5.41, 5.74) is 1.21. The van der Waals surface area contributed by atoms with Gasteiger partial charge in [0.25, 0.3) is 0 Å². The van der Waals surface area contributed by atoms with Gasteiger partial charge in [0.1, 0.15) is 5.82 Å². The topological polar surface area (TPSA) is 24.9 Å². The standard InChI is InChI=1S/C13H19BrN2/c1-10-7-12(14)9-16-13(10)15-8-11-5-3-2-4-6-11/h7,9,11H,2-6,8H2,1H3,(H,15,16). The minimum Gasteiger partial charge on any atom is -0.370 e. The zero-order chi connectivity index (χ0) is 11.4. The highest BCUT2D eigenvalue weighted by atomic mass is 79.9. The minimum absolute atomic E-state index is 0.846. The summed E-state index contributed by atoms with van der Waals surface area (Å²) in [6.07, 6.45) is 8.84. The van der Waals surface area contributed by atoms with Gasteiger partial charge in [0.05, 0.1) is 0 Å². The molecule has 3 heteroatoms. The fourth-order valence-corrected chi connectivity index (χ4v) is 2.80. The van der Waals surface area contributed by atoms with E-state index in [1.807, 2.05) is 6.20 Å². The summed E-state index contributed by atoms with van der Waals surface area (Å²) in [5.74, 6) is 1.88. The van der Waals surface area contributed by atoms with Crippen molar-refractivity contribution in [2.45, 2.75) is 39.0 Å². The summed E-state index contributed by atoms with van der Waals surface area (Å²) in [6.45, 7) is 3.18. The van der Waals surface area contributed by atoms with E-state index in [0.29, 0.717) is 0 Å². The van der Waals surface area contributed by atoms with Crippen LogP contribution in [-0.4, -0.2) is 11.5 Å². The van der Waals surface area contributed by atoms with Crippen LogP contribution in [-0.2, 0) is 0 Å². The van der Waals surface area contributed by atoms with Crippen LogP contribution in [0.5, 0.6) is 0 Å². The zero-order valence-electron chi connectivity index (χ0n) is 9.80. The first kappa shape index (κ1) is 11.9. The average molecular weight is 283 g/mol. The first-order chi connectivity index (χ1) is 7.75. The van der Waals surface area contributed by atoms with Crippen LogP contribution in [0, 0.1) is 12.8 Å². The largest absolute Gasteiger partial charge is 0.370 e. The monoisotopic (exact) mass is 282 g/mol. The molecule has 88 valence electrons. The summed E-state index contributed by atoms with van der Waals surface area (Å²) in [4.78, 5) is 4.40. The lowest BCUT2D eigenvalue weighted by molar-refractivity contribution is 0.373. The number of aryl methyl sites for hydroxylation is 1. The Morgan fingerprint density at radius 3 is 2.81 bits per heavy atom. The van der Waals surface area contributed by atoms with Crippen molar-refractivity contribution in [3.63, 3.8) is 0 Å². The molecule has 2 nitrogen and oxygen atoms in total. The number of hydrogen-bond donors (Lipinski definition) is 1. The Labute approximate surface area is 106 Å². The van der Waals surface area contributed by atoms with Gasteiger partial charge in [-0.25, -0.2) is 4.98 Å². The maximum Gasteiger partial charge on any atom is 0.128 e. The van der Waals surface area contributed by atoms with Gasteiger partial charge in [0, 0.05) is 17.2 Å². The molecule has 0 unspecified atom stereocenters. The van der Waals surface area contributed by atoms with Gasteiger partial charge in [-0.2, -0.15) is 0 Å². The number of rotatable bonds is 3. The van der Waals surface area contributed by atoms with Crippen LogP contribution in [0.25, 0.3) is 0 Å². The molecule has 16 heavy (non-hydrogen) atoms. The Balaban J connectivity index is 1.88. The molecule has 1 aromatic rings. The third-order valence-electron chi connectivity index (χ3n) is 3.33. The Kier molecular flexibility index (Phi) is 4.22. The number of halogens is 1. The first-order valence-corrected chi connectivity index (χ1v) is 6.91. The first-order valence-electron chi connectivity index (χ1n) is 6.12. The van der Waals surface area contributed by atoms with Gasteiger partial charge in [-0.15, -0.1) is 0 Å². The molecule has 1 heterocycles. The van der Waals surface area contributed by atoms with Gasteiger partial charge in [-0.1, -0.05) is 19.3 Å². The lowest BCUT2D eigenvalue weighted by atomic mass is 9.89. The van der Waals surface area contributed by atoms with Crippen molar-refractivity contribution in [3.8, 4) is 0 Å². The van der Waals surface area contributed by atoms with E-state index >= 15 is 0 Å². The molecule has 1 aromatic heterocycles. The van der Waals surface area contributed by atoms with Crippen LogP contribution in [0.2, 0.25) is 0 Å². The van der Waals surface area contributed by atoms with Gasteiger partial charge < -0.3 is 5.32 Å². The SMILES string of the molecule is Cc1cc(Br)cnc1NCC1CCCCC1. The number of aromatic nitrogens is 1. The third kappa shape index (κ3) is 3.21. The predicted molar refractivity (Wildman–Crippen MR) is 71.7 cm³/mol. The highest BCUT2D eigenvalue weighted by molar-refractivity contribution is 9.10. The highest BCUT2D eigenvalue weighted by Crippen LogP contribution is 2.24. The summed E-state index contributed by atoms with van der Waals surface area (Å²) in [6, 6.07) is 2.11. The number of pyridine rings is 1. The fraction of sp³-hybridized carbons (Fsp3) is 0.615. The van der Waals surface area contributed by atoms with Crippen molar-refractivity contribution in [2.75, 3.05) is 11.9 Å². The van der Waals surface area contributed by atoms with Crippen LogP contribution in [0.15, 0.2) is 16.7 Å². The van der Waals surface area contributed by atoms with E-state index in [1.165, 1.54) is 37.7 Å². The molecule has 0 aromatic carbocycles. The molecule has 0 saturated heterocycles. The van der Waals surface area contributed by atoms with E-state index in [0.717, 1.165) is 22.8 Å². The molecule has 1 fully saturated rings. The summed E-state index contributed by atoms with van der Waals surface area (Å²) < 4.78 is 1.05. The lowest BCUT2D eigenvalue weighted by Crippen LogP contribution is -2.18. The van der Waals surface area contributed by atoms with Gasteiger partial charge in [-0.3, -0.25) is 0 Å². The van der Waals surface area contributed by atoms with Crippen molar-refractivity contribution in [1.29, 1.82) is 0 Å². The van der Waals surface area contributed by atoms with Crippen molar-refractivity contribution in [1.82, 2.24) is 4.98 Å². The van der Waals surface area contributed by atoms with E-state index in [9.17, 15) is 0 Å². The number of nitrogens with zero attached hydrogens (tertiary/aromatic N) is 1. The molecule has 0 radical (unpaired) electrons. The zero-order valence-corrected chi connectivity index (χ0v) is 11.4. The third-order valence-corrected chi connectivity index (χ3v) is 3.76. The van der Waals surface area contributed by atoms with Gasteiger partial charge in [-0.05, 0) is 53.2 Å². The normalized spacial score (nSPS) is 17.4. The number of nitrogens with one attached hydrogen (secondary N) is 1. The van der Waals surface area contributed by atoms with Crippen LogP contribution < -0.4 is 5.32 Å². The number of anilines is 1. The van der Waals surface area contributed by atoms with E-state index in [1.54, 1.807) is 0 Å². The maximum absolute atomic E-state index is 4.40. The molecular weight excluding hydrogens is 264 g/mol.